The molecule has 9 nitrogen and oxygen atoms in total. The van der Waals surface area contributed by atoms with Crippen molar-refractivity contribution in [3.63, 3.8) is 0 Å². The molecule has 0 aliphatic carbocycles. The number of anilines is 1. The van der Waals surface area contributed by atoms with Gasteiger partial charge in [-0.15, -0.1) is 0 Å². The molecule has 1 unspecified atom stereocenters. The third-order valence-corrected chi connectivity index (χ3v) is 5.28. The third-order valence-electron chi connectivity index (χ3n) is 5.28. The lowest BCUT2D eigenvalue weighted by atomic mass is 10.2. The van der Waals surface area contributed by atoms with Gasteiger partial charge in [0.15, 0.2) is 0 Å². The van der Waals surface area contributed by atoms with Gasteiger partial charge in [0.2, 0.25) is 5.91 Å². The van der Waals surface area contributed by atoms with Crippen LogP contribution < -0.4 is 20.5 Å². The normalized spacial score (nSPS) is 15.8. The summed E-state index contributed by atoms with van der Waals surface area (Å²) in [5.74, 6) is 2.26. The van der Waals surface area contributed by atoms with E-state index in [4.69, 9.17) is 4.74 Å². The van der Waals surface area contributed by atoms with Crippen LogP contribution in [0.25, 0.3) is 0 Å². The zero-order valence-electron chi connectivity index (χ0n) is 17.5. The highest BCUT2D eigenvalue weighted by Crippen LogP contribution is 2.17. The van der Waals surface area contributed by atoms with Gasteiger partial charge in [0.1, 0.15) is 30.5 Å². The zero-order chi connectivity index (χ0) is 21.6. The van der Waals surface area contributed by atoms with Gasteiger partial charge in [0.05, 0.1) is 6.54 Å². The minimum absolute atomic E-state index is 0.0380. The first-order valence-corrected chi connectivity index (χ1v) is 10.4. The molecule has 1 aliphatic heterocycles. The lowest BCUT2D eigenvalue weighted by Crippen LogP contribution is -2.39. The Labute approximate surface area is 180 Å². The highest BCUT2D eigenvalue weighted by atomic mass is 16.5. The molecule has 162 valence electrons. The van der Waals surface area contributed by atoms with Crippen molar-refractivity contribution in [2.75, 3.05) is 24.6 Å². The van der Waals surface area contributed by atoms with Gasteiger partial charge in [-0.2, -0.15) is 5.10 Å². The Morgan fingerprint density at radius 2 is 2.06 bits per heavy atom. The van der Waals surface area contributed by atoms with Gasteiger partial charge in [0, 0.05) is 37.6 Å². The van der Waals surface area contributed by atoms with Crippen LogP contribution in [0, 0.1) is 6.92 Å². The van der Waals surface area contributed by atoms with Crippen LogP contribution in [-0.2, 0) is 17.9 Å². The molecule has 3 aromatic rings. The van der Waals surface area contributed by atoms with Gasteiger partial charge in [-0.1, -0.05) is 18.2 Å². The van der Waals surface area contributed by atoms with Gasteiger partial charge < -0.3 is 19.5 Å². The highest BCUT2D eigenvalue weighted by molar-refractivity contribution is 5.76. The molecule has 0 spiro atoms. The number of hydrogen-bond donors (Lipinski definition) is 1. The molecule has 1 atom stereocenters. The summed E-state index contributed by atoms with van der Waals surface area (Å²) in [4.78, 5) is 30.7. The van der Waals surface area contributed by atoms with E-state index < -0.39 is 0 Å². The largest absolute Gasteiger partial charge is 0.492 e. The maximum atomic E-state index is 12.3. The SMILES string of the molecule is Cc1nccn1CC(=O)NC1CCN(c2ccc(=O)n(CCOc3ccccc3)n2)C1. The first kappa shape index (κ1) is 20.6. The first-order valence-electron chi connectivity index (χ1n) is 10.4. The van der Waals surface area contributed by atoms with Crippen LogP contribution in [0.3, 0.4) is 0 Å². The quantitative estimate of drug-likeness (QED) is 0.587. The van der Waals surface area contributed by atoms with E-state index in [0.29, 0.717) is 19.7 Å². The number of aryl methyl sites for hydroxylation is 1. The van der Waals surface area contributed by atoms with Crippen LogP contribution in [0.1, 0.15) is 12.2 Å². The number of aromatic nitrogens is 4. The summed E-state index contributed by atoms with van der Waals surface area (Å²) in [6, 6.07) is 12.8. The van der Waals surface area contributed by atoms with Gasteiger partial charge in [0.25, 0.3) is 5.56 Å². The van der Waals surface area contributed by atoms with E-state index in [1.807, 2.05) is 41.8 Å². The second kappa shape index (κ2) is 9.46. The van der Waals surface area contributed by atoms with E-state index in [-0.39, 0.29) is 24.1 Å². The van der Waals surface area contributed by atoms with Crippen LogP contribution in [0.15, 0.2) is 59.7 Å². The molecule has 1 fully saturated rings. The van der Waals surface area contributed by atoms with Crippen molar-refractivity contribution < 1.29 is 9.53 Å². The van der Waals surface area contributed by atoms with Crippen molar-refractivity contribution >= 4 is 11.7 Å². The summed E-state index contributed by atoms with van der Waals surface area (Å²) in [6.45, 7) is 4.26. The number of carbonyl (C=O) groups excluding carboxylic acids is 1. The molecular formula is C22H26N6O3. The molecule has 2 aromatic heterocycles. The molecule has 0 radical (unpaired) electrons. The standard InChI is InChI=1S/C22H26N6O3/c1-17-23-10-12-26(17)16-21(29)24-18-9-11-27(15-18)20-7-8-22(30)28(25-20)13-14-31-19-5-3-2-4-6-19/h2-8,10,12,18H,9,11,13-16H2,1H3,(H,24,29). The summed E-state index contributed by atoms with van der Waals surface area (Å²) in [6.07, 6.45) is 4.31. The number of hydrogen-bond acceptors (Lipinski definition) is 6. The Morgan fingerprint density at radius 1 is 1.23 bits per heavy atom. The Balaban J connectivity index is 1.31. The summed E-state index contributed by atoms with van der Waals surface area (Å²) < 4.78 is 8.91. The van der Waals surface area contributed by atoms with Gasteiger partial charge in [-0.3, -0.25) is 9.59 Å². The summed E-state index contributed by atoms with van der Waals surface area (Å²) >= 11 is 0. The lowest BCUT2D eigenvalue weighted by Gasteiger charge is -2.19. The summed E-state index contributed by atoms with van der Waals surface area (Å²) in [7, 11) is 0. The number of nitrogens with zero attached hydrogens (tertiary/aromatic N) is 5. The number of ether oxygens (including phenoxy) is 1. The number of benzene rings is 1. The highest BCUT2D eigenvalue weighted by Gasteiger charge is 2.25. The average Bonchev–Trinajstić information content (AvgIpc) is 3.39. The van der Waals surface area contributed by atoms with E-state index in [0.717, 1.165) is 30.4 Å². The fraction of sp³-hybridized carbons (Fsp3) is 0.364. The molecule has 31 heavy (non-hydrogen) atoms. The van der Waals surface area contributed by atoms with Crippen LogP contribution in [0.2, 0.25) is 0 Å². The van der Waals surface area contributed by atoms with Crippen LogP contribution in [0.4, 0.5) is 5.82 Å². The van der Waals surface area contributed by atoms with Gasteiger partial charge in [-0.25, -0.2) is 9.67 Å². The second-order valence-electron chi connectivity index (χ2n) is 7.52. The molecule has 0 bridgehead atoms. The fourth-order valence-corrected chi connectivity index (χ4v) is 3.62. The topological polar surface area (TPSA) is 94.3 Å². The molecule has 1 aliphatic rings. The number of carbonyl (C=O) groups is 1. The summed E-state index contributed by atoms with van der Waals surface area (Å²) in [5, 5.41) is 7.57. The Morgan fingerprint density at radius 3 is 2.84 bits per heavy atom. The number of imidazole rings is 1. The number of amides is 1. The van der Waals surface area contributed by atoms with Gasteiger partial charge >= 0.3 is 0 Å². The lowest BCUT2D eigenvalue weighted by molar-refractivity contribution is -0.122. The molecule has 1 saturated heterocycles. The first-order chi connectivity index (χ1) is 15.1. The van der Waals surface area contributed by atoms with Crippen molar-refractivity contribution in [1.82, 2.24) is 24.6 Å². The zero-order valence-corrected chi connectivity index (χ0v) is 17.5. The van der Waals surface area contributed by atoms with Crippen LogP contribution >= 0.6 is 0 Å². The molecular weight excluding hydrogens is 396 g/mol. The molecule has 1 N–H and O–H groups in total. The van der Waals surface area contributed by atoms with Crippen molar-refractivity contribution in [3.05, 3.63) is 71.0 Å². The van der Waals surface area contributed by atoms with Crippen molar-refractivity contribution in [3.8, 4) is 5.75 Å². The molecule has 1 aromatic carbocycles. The maximum absolute atomic E-state index is 12.3. The van der Waals surface area contributed by atoms with E-state index in [1.165, 1.54) is 10.7 Å². The van der Waals surface area contributed by atoms with E-state index in [2.05, 4.69) is 20.3 Å². The molecule has 3 heterocycles. The van der Waals surface area contributed by atoms with Crippen molar-refractivity contribution in [2.45, 2.75) is 32.5 Å². The van der Waals surface area contributed by atoms with E-state index >= 15 is 0 Å². The molecule has 4 rings (SSSR count). The number of nitrogens with one attached hydrogen (secondary N) is 1. The number of para-hydroxylation sites is 1. The van der Waals surface area contributed by atoms with Gasteiger partial charge in [-0.05, 0) is 31.5 Å². The van der Waals surface area contributed by atoms with Crippen molar-refractivity contribution in [2.24, 2.45) is 0 Å². The third kappa shape index (κ3) is 5.30. The maximum Gasteiger partial charge on any atom is 0.266 e. The fourth-order valence-electron chi connectivity index (χ4n) is 3.62. The Kier molecular flexibility index (Phi) is 6.30. The minimum Gasteiger partial charge on any atom is -0.492 e. The molecule has 9 heteroatoms. The van der Waals surface area contributed by atoms with Crippen LogP contribution in [-0.4, -0.2) is 51.0 Å². The van der Waals surface area contributed by atoms with E-state index in [1.54, 1.807) is 18.5 Å². The van der Waals surface area contributed by atoms with Crippen LogP contribution in [0.5, 0.6) is 5.75 Å². The predicted molar refractivity (Wildman–Crippen MR) is 116 cm³/mol. The molecule has 0 saturated carbocycles. The molecule has 1 amide bonds. The van der Waals surface area contributed by atoms with Crippen molar-refractivity contribution in [1.29, 1.82) is 0 Å². The second-order valence-corrected chi connectivity index (χ2v) is 7.52. The average molecular weight is 422 g/mol. The predicted octanol–water partition coefficient (Wildman–Crippen LogP) is 1.22. The van der Waals surface area contributed by atoms with E-state index in [9.17, 15) is 9.59 Å². The smallest absolute Gasteiger partial charge is 0.266 e. The number of rotatable bonds is 8. The Hall–Kier alpha value is -3.62. The minimum atomic E-state index is -0.167. The monoisotopic (exact) mass is 422 g/mol. The summed E-state index contributed by atoms with van der Waals surface area (Å²) in [5.41, 5.74) is -0.167. The Bertz CT molecular complexity index is 1080.